The Morgan fingerprint density at radius 1 is 1.33 bits per heavy atom. The molecule has 0 aliphatic heterocycles. The summed E-state index contributed by atoms with van der Waals surface area (Å²) in [7, 11) is 0. The molecule has 3 nitrogen and oxygen atoms in total. The summed E-state index contributed by atoms with van der Waals surface area (Å²) < 4.78 is 7.29. The van der Waals surface area contributed by atoms with Gasteiger partial charge < -0.3 is 9.30 Å². The van der Waals surface area contributed by atoms with Crippen LogP contribution in [0.25, 0.3) is 10.8 Å². The molecule has 0 radical (unpaired) electrons. The topological polar surface area (TPSA) is 31.2 Å². The van der Waals surface area contributed by atoms with E-state index < -0.39 is 0 Å². The average molecular weight is 243 g/mol. The van der Waals surface area contributed by atoms with Crippen molar-refractivity contribution in [3.05, 3.63) is 53.5 Å². The van der Waals surface area contributed by atoms with Gasteiger partial charge in [-0.3, -0.25) is 4.79 Å². The van der Waals surface area contributed by atoms with Crippen LogP contribution in [0.3, 0.4) is 0 Å². The number of aromatic nitrogens is 1. The molecule has 1 aromatic heterocycles. The minimum atomic E-state index is 0.0402. The summed E-state index contributed by atoms with van der Waals surface area (Å²) >= 11 is 0. The van der Waals surface area contributed by atoms with Gasteiger partial charge in [0.25, 0.3) is 5.56 Å². The molecule has 0 spiro atoms. The number of hydrogen-bond donors (Lipinski definition) is 0. The first-order chi connectivity index (χ1) is 8.77. The van der Waals surface area contributed by atoms with Gasteiger partial charge in [-0.1, -0.05) is 25.6 Å². The number of benzene rings is 1. The Morgan fingerprint density at radius 2 is 2.17 bits per heavy atom. The first kappa shape index (κ1) is 12.4. The van der Waals surface area contributed by atoms with Crippen LogP contribution in [0.2, 0.25) is 0 Å². The lowest BCUT2D eigenvalue weighted by Gasteiger charge is -2.09. The summed E-state index contributed by atoms with van der Waals surface area (Å²) in [5.41, 5.74) is 0.0402. The Morgan fingerprint density at radius 3 is 2.89 bits per heavy atom. The highest BCUT2D eigenvalue weighted by Crippen LogP contribution is 2.23. The third-order valence-electron chi connectivity index (χ3n) is 2.80. The van der Waals surface area contributed by atoms with Crippen molar-refractivity contribution in [2.75, 3.05) is 6.61 Å². The van der Waals surface area contributed by atoms with Gasteiger partial charge in [-0.15, -0.1) is 0 Å². The maximum Gasteiger partial charge on any atom is 0.258 e. The van der Waals surface area contributed by atoms with Gasteiger partial charge in [0, 0.05) is 18.1 Å². The molecule has 0 bridgehead atoms. The lowest BCUT2D eigenvalue weighted by atomic mass is 10.1. The van der Waals surface area contributed by atoms with Gasteiger partial charge in [-0.2, -0.15) is 0 Å². The molecule has 0 saturated heterocycles. The van der Waals surface area contributed by atoms with E-state index in [4.69, 9.17) is 4.74 Å². The summed E-state index contributed by atoms with van der Waals surface area (Å²) in [4.78, 5) is 12.2. The van der Waals surface area contributed by atoms with E-state index >= 15 is 0 Å². The molecule has 0 atom stereocenters. The van der Waals surface area contributed by atoms with Crippen molar-refractivity contribution in [3.63, 3.8) is 0 Å². The highest BCUT2D eigenvalue weighted by atomic mass is 16.5. The van der Waals surface area contributed by atoms with Crippen LogP contribution in [-0.4, -0.2) is 11.2 Å². The quantitative estimate of drug-likeness (QED) is 0.756. The zero-order valence-electron chi connectivity index (χ0n) is 10.6. The molecule has 0 unspecified atom stereocenters. The fourth-order valence-corrected chi connectivity index (χ4v) is 1.98. The first-order valence-corrected chi connectivity index (χ1v) is 6.13. The lowest BCUT2D eigenvalue weighted by Crippen LogP contribution is -2.19. The lowest BCUT2D eigenvalue weighted by molar-refractivity contribution is 0.367. The SMILES string of the molecule is C=CCOc1cccc2c(=O)n(CCC)ccc12. The first-order valence-electron chi connectivity index (χ1n) is 6.13. The molecule has 94 valence electrons. The largest absolute Gasteiger partial charge is 0.489 e. The third kappa shape index (κ3) is 2.30. The number of rotatable bonds is 5. The van der Waals surface area contributed by atoms with Gasteiger partial charge in [0.15, 0.2) is 0 Å². The van der Waals surface area contributed by atoms with E-state index in [1.54, 1.807) is 10.6 Å². The highest BCUT2D eigenvalue weighted by Gasteiger charge is 2.06. The van der Waals surface area contributed by atoms with Crippen LogP contribution in [0.1, 0.15) is 13.3 Å². The van der Waals surface area contributed by atoms with Crippen LogP contribution in [0.4, 0.5) is 0 Å². The minimum Gasteiger partial charge on any atom is -0.489 e. The van der Waals surface area contributed by atoms with E-state index in [-0.39, 0.29) is 5.56 Å². The van der Waals surface area contributed by atoms with Gasteiger partial charge >= 0.3 is 0 Å². The Labute approximate surface area is 106 Å². The third-order valence-corrected chi connectivity index (χ3v) is 2.80. The van der Waals surface area contributed by atoms with Crippen molar-refractivity contribution in [1.82, 2.24) is 4.57 Å². The Balaban J connectivity index is 2.55. The number of pyridine rings is 1. The molecule has 0 saturated carbocycles. The molecule has 0 amide bonds. The van der Waals surface area contributed by atoms with Crippen molar-refractivity contribution in [3.8, 4) is 5.75 Å². The molecule has 1 heterocycles. The molecule has 0 N–H and O–H groups in total. The van der Waals surface area contributed by atoms with E-state index in [1.165, 1.54) is 0 Å². The van der Waals surface area contributed by atoms with Gasteiger partial charge in [-0.05, 0) is 24.6 Å². The van der Waals surface area contributed by atoms with Crippen LogP contribution >= 0.6 is 0 Å². The van der Waals surface area contributed by atoms with Crippen LogP contribution in [-0.2, 0) is 6.54 Å². The van der Waals surface area contributed by atoms with Crippen molar-refractivity contribution < 1.29 is 4.74 Å². The minimum absolute atomic E-state index is 0.0402. The molecule has 1 aromatic carbocycles. The van der Waals surface area contributed by atoms with Gasteiger partial charge in [0.2, 0.25) is 0 Å². The Kier molecular flexibility index (Phi) is 3.82. The van der Waals surface area contributed by atoms with Gasteiger partial charge in [0.1, 0.15) is 12.4 Å². The molecule has 0 aliphatic rings. The molecule has 3 heteroatoms. The number of aryl methyl sites for hydroxylation is 1. The molecule has 18 heavy (non-hydrogen) atoms. The summed E-state index contributed by atoms with van der Waals surface area (Å²) in [5, 5.41) is 1.56. The zero-order chi connectivity index (χ0) is 13.0. The van der Waals surface area contributed by atoms with Crippen molar-refractivity contribution in [2.24, 2.45) is 0 Å². The Bertz CT molecular complexity index is 613. The second kappa shape index (κ2) is 5.54. The van der Waals surface area contributed by atoms with Crippen LogP contribution in [0, 0.1) is 0 Å². The van der Waals surface area contributed by atoms with Gasteiger partial charge in [-0.25, -0.2) is 0 Å². The van der Waals surface area contributed by atoms with E-state index in [0.717, 1.165) is 24.1 Å². The van der Waals surface area contributed by atoms with Crippen molar-refractivity contribution >= 4 is 10.8 Å². The Hall–Kier alpha value is -2.03. The number of hydrogen-bond acceptors (Lipinski definition) is 2. The second-order valence-electron chi connectivity index (χ2n) is 4.13. The fraction of sp³-hybridized carbons (Fsp3) is 0.267. The molecular formula is C15H17NO2. The van der Waals surface area contributed by atoms with E-state index in [9.17, 15) is 4.79 Å². The average Bonchev–Trinajstić information content (AvgIpc) is 2.40. The normalized spacial score (nSPS) is 10.5. The second-order valence-corrected chi connectivity index (χ2v) is 4.13. The molecule has 0 aliphatic carbocycles. The molecular weight excluding hydrogens is 226 g/mol. The summed E-state index contributed by atoms with van der Waals surface area (Å²) in [6.07, 6.45) is 4.46. The van der Waals surface area contributed by atoms with E-state index in [2.05, 4.69) is 13.5 Å². The maximum atomic E-state index is 12.2. The van der Waals surface area contributed by atoms with Crippen LogP contribution in [0.5, 0.6) is 5.75 Å². The van der Waals surface area contributed by atoms with Crippen LogP contribution < -0.4 is 10.3 Å². The summed E-state index contributed by atoms with van der Waals surface area (Å²) in [6.45, 7) is 6.86. The van der Waals surface area contributed by atoms with Crippen molar-refractivity contribution in [1.29, 1.82) is 0 Å². The molecule has 0 fully saturated rings. The number of nitrogens with zero attached hydrogens (tertiary/aromatic N) is 1. The van der Waals surface area contributed by atoms with Gasteiger partial charge in [0.05, 0.1) is 5.39 Å². The summed E-state index contributed by atoms with van der Waals surface area (Å²) in [5.74, 6) is 0.730. The fourth-order valence-electron chi connectivity index (χ4n) is 1.98. The maximum absolute atomic E-state index is 12.2. The van der Waals surface area contributed by atoms with E-state index in [1.807, 2.05) is 30.5 Å². The zero-order valence-corrected chi connectivity index (χ0v) is 10.6. The smallest absolute Gasteiger partial charge is 0.258 e. The standard InChI is InChI=1S/C15H17NO2/c1-3-9-16-10-8-12-13(15(16)17)6-5-7-14(12)18-11-4-2/h4-8,10H,2-3,9,11H2,1H3. The monoisotopic (exact) mass is 243 g/mol. The number of ether oxygens (including phenoxy) is 1. The van der Waals surface area contributed by atoms with Crippen molar-refractivity contribution in [2.45, 2.75) is 19.9 Å². The van der Waals surface area contributed by atoms with E-state index in [0.29, 0.717) is 12.0 Å². The predicted molar refractivity (Wildman–Crippen MR) is 74.2 cm³/mol. The summed E-state index contributed by atoms with van der Waals surface area (Å²) in [6, 6.07) is 7.49. The molecule has 2 aromatic rings. The predicted octanol–water partition coefficient (Wildman–Crippen LogP) is 2.98. The molecule has 2 rings (SSSR count). The number of fused-ring (bicyclic) bond motifs is 1. The van der Waals surface area contributed by atoms with Crippen LogP contribution in [0.15, 0.2) is 47.9 Å². The highest BCUT2D eigenvalue weighted by molar-refractivity contribution is 5.87.